The minimum Gasteiger partial charge on any atom is -1.00 e. The molecule has 0 rings (SSSR count). The van der Waals surface area contributed by atoms with E-state index in [4.69, 9.17) is 5.73 Å². The van der Waals surface area contributed by atoms with E-state index in [1.165, 1.54) is 108 Å². The Labute approximate surface area is 181 Å². The predicted octanol–water partition coefficient (Wildman–Crippen LogP) is 3.20. The molecule has 0 saturated heterocycles. The van der Waals surface area contributed by atoms with Gasteiger partial charge >= 0.3 is 0 Å². The van der Waals surface area contributed by atoms with Crippen molar-refractivity contribution in [2.45, 2.75) is 117 Å². The Hall–Kier alpha value is -0.0900. The molecular weight excluding hydrogens is 400 g/mol. The molecule has 27 heavy (non-hydrogen) atoms. The Balaban J connectivity index is 0. The number of rotatable bonds is 20. The van der Waals surface area contributed by atoms with Crippen LogP contribution < -0.4 is 22.7 Å². The van der Waals surface area contributed by atoms with Gasteiger partial charge in [-0.2, -0.15) is 0 Å². The highest BCUT2D eigenvalue weighted by molar-refractivity contribution is 5.73. The Kier molecular flexibility index (Phi) is 22.3. The summed E-state index contributed by atoms with van der Waals surface area (Å²) in [7, 11) is 0. The Morgan fingerprint density at radius 2 is 0.926 bits per heavy atom. The van der Waals surface area contributed by atoms with Crippen molar-refractivity contribution in [3.05, 3.63) is 0 Å². The van der Waals surface area contributed by atoms with Gasteiger partial charge < -0.3 is 27.2 Å². The highest BCUT2D eigenvalue weighted by Crippen LogP contribution is 2.18. The molecule has 0 heterocycles. The van der Waals surface area contributed by atoms with Crippen molar-refractivity contribution in [3.8, 4) is 0 Å². The molecule has 0 atom stereocenters. The molecule has 0 aromatic rings. The zero-order valence-corrected chi connectivity index (χ0v) is 20.3. The van der Waals surface area contributed by atoms with E-state index >= 15 is 0 Å². The van der Waals surface area contributed by atoms with Gasteiger partial charge in [0.15, 0.2) is 0 Å². The van der Waals surface area contributed by atoms with E-state index in [9.17, 15) is 4.79 Å². The van der Waals surface area contributed by atoms with Crippen LogP contribution in [0.2, 0.25) is 0 Å². The number of unbranched alkanes of at least 4 members (excludes halogenated alkanes) is 10. The van der Waals surface area contributed by atoms with Crippen LogP contribution in [0.15, 0.2) is 0 Å². The number of hydrogen-bond acceptors (Lipinski definition) is 1. The molecule has 0 aliphatic carbocycles. The third kappa shape index (κ3) is 17.7. The van der Waals surface area contributed by atoms with Gasteiger partial charge in [0.2, 0.25) is 5.91 Å². The zero-order valence-electron chi connectivity index (χ0n) is 18.7. The van der Waals surface area contributed by atoms with Crippen LogP contribution in [-0.2, 0) is 4.79 Å². The molecule has 0 aliphatic heterocycles. The van der Waals surface area contributed by atoms with Gasteiger partial charge in [0.05, 0.1) is 26.2 Å². The van der Waals surface area contributed by atoms with Gasteiger partial charge in [0, 0.05) is 6.42 Å². The highest BCUT2D eigenvalue weighted by atomic mass is 79.9. The summed E-state index contributed by atoms with van der Waals surface area (Å²) < 4.78 is 1.39. The standard InChI is InChI=1S/C23H48N2O.BrH/c1-4-7-19-25(20-8-5-2,21-9-6-3)22-17-15-13-11-10-12-14-16-18-23(24)26;/h4-22H2,1-3H3,(H-,24,26);1H. The fourth-order valence-corrected chi connectivity index (χ4v) is 3.96. The number of quaternary nitrogens is 1. The van der Waals surface area contributed by atoms with E-state index < -0.39 is 0 Å². The first-order valence-electron chi connectivity index (χ1n) is 11.7. The molecule has 3 nitrogen and oxygen atoms in total. The minimum atomic E-state index is -0.152. The summed E-state index contributed by atoms with van der Waals surface area (Å²) in [6.45, 7) is 12.6. The normalized spacial score (nSPS) is 11.4. The van der Waals surface area contributed by atoms with Gasteiger partial charge in [-0.25, -0.2) is 0 Å². The number of primary amides is 1. The van der Waals surface area contributed by atoms with Gasteiger partial charge in [0.25, 0.3) is 0 Å². The van der Waals surface area contributed by atoms with Crippen LogP contribution in [0.25, 0.3) is 0 Å². The van der Waals surface area contributed by atoms with Crippen LogP contribution in [-0.4, -0.2) is 36.6 Å². The third-order valence-corrected chi connectivity index (χ3v) is 5.76. The second-order valence-corrected chi connectivity index (χ2v) is 8.34. The molecule has 0 aromatic carbocycles. The van der Waals surface area contributed by atoms with Crippen molar-refractivity contribution >= 4 is 5.91 Å². The Morgan fingerprint density at radius 3 is 1.30 bits per heavy atom. The molecule has 0 aliphatic rings. The maximum atomic E-state index is 10.7. The lowest BCUT2D eigenvalue weighted by Crippen LogP contribution is -3.00. The number of nitrogens with zero attached hydrogens (tertiary/aromatic N) is 1. The number of halogens is 1. The van der Waals surface area contributed by atoms with E-state index in [1.54, 1.807) is 0 Å². The van der Waals surface area contributed by atoms with Crippen LogP contribution in [0.3, 0.4) is 0 Å². The lowest BCUT2D eigenvalue weighted by atomic mass is 10.1. The first-order chi connectivity index (χ1) is 12.6. The SMILES string of the molecule is CCCC[N+](CCCC)(CCCC)CCCCCCCCCCC(N)=O.[Br-]. The van der Waals surface area contributed by atoms with E-state index in [1.807, 2.05) is 0 Å². The number of hydrogen-bond donors (Lipinski definition) is 1. The lowest BCUT2D eigenvalue weighted by molar-refractivity contribution is -0.929. The largest absolute Gasteiger partial charge is 1.00 e. The smallest absolute Gasteiger partial charge is 0.217 e. The maximum Gasteiger partial charge on any atom is 0.217 e. The first-order valence-corrected chi connectivity index (χ1v) is 11.7. The summed E-state index contributed by atoms with van der Waals surface area (Å²) in [5.74, 6) is -0.152. The van der Waals surface area contributed by atoms with Gasteiger partial charge in [-0.3, -0.25) is 4.79 Å². The fraction of sp³-hybridized carbons (Fsp3) is 0.957. The predicted molar refractivity (Wildman–Crippen MR) is 115 cm³/mol. The molecule has 1 amide bonds. The van der Waals surface area contributed by atoms with Crippen molar-refractivity contribution in [3.63, 3.8) is 0 Å². The van der Waals surface area contributed by atoms with Crippen LogP contribution in [0.5, 0.6) is 0 Å². The van der Waals surface area contributed by atoms with Gasteiger partial charge in [-0.1, -0.05) is 72.1 Å². The summed E-state index contributed by atoms with van der Waals surface area (Å²) in [6.07, 6.45) is 19.0. The molecular formula is C23H49BrN2O. The first kappa shape index (κ1) is 29.1. The summed E-state index contributed by atoms with van der Waals surface area (Å²) >= 11 is 0. The molecule has 2 N–H and O–H groups in total. The summed E-state index contributed by atoms with van der Waals surface area (Å²) in [5.41, 5.74) is 5.17. The minimum absolute atomic E-state index is 0. The Bertz CT molecular complexity index is 302. The molecule has 0 bridgehead atoms. The van der Waals surface area contributed by atoms with Crippen molar-refractivity contribution in [2.75, 3.05) is 26.2 Å². The Morgan fingerprint density at radius 1 is 0.593 bits per heavy atom. The van der Waals surface area contributed by atoms with E-state index in [0.29, 0.717) is 6.42 Å². The molecule has 164 valence electrons. The summed E-state index contributed by atoms with van der Waals surface area (Å²) in [4.78, 5) is 10.7. The molecule has 0 unspecified atom stereocenters. The van der Waals surface area contributed by atoms with Gasteiger partial charge in [0.1, 0.15) is 0 Å². The van der Waals surface area contributed by atoms with Crippen LogP contribution in [0.4, 0.5) is 0 Å². The molecule has 0 fully saturated rings. The van der Waals surface area contributed by atoms with E-state index in [2.05, 4.69) is 20.8 Å². The average Bonchev–Trinajstić information content (AvgIpc) is 2.63. The summed E-state index contributed by atoms with van der Waals surface area (Å²) in [5, 5.41) is 0. The molecule has 0 aromatic heterocycles. The molecule has 0 radical (unpaired) electrons. The number of amides is 1. The second-order valence-electron chi connectivity index (χ2n) is 8.34. The average molecular weight is 450 g/mol. The van der Waals surface area contributed by atoms with Gasteiger partial charge in [-0.15, -0.1) is 0 Å². The van der Waals surface area contributed by atoms with Crippen molar-refractivity contribution in [2.24, 2.45) is 5.73 Å². The summed E-state index contributed by atoms with van der Waals surface area (Å²) in [6, 6.07) is 0. The third-order valence-electron chi connectivity index (χ3n) is 5.76. The monoisotopic (exact) mass is 448 g/mol. The quantitative estimate of drug-likeness (QED) is 0.225. The molecule has 0 saturated carbocycles. The topological polar surface area (TPSA) is 43.1 Å². The van der Waals surface area contributed by atoms with Crippen LogP contribution >= 0.6 is 0 Å². The van der Waals surface area contributed by atoms with Crippen molar-refractivity contribution in [1.29, 1.82) is 0 Å². The number of nitrogens with two attached hydrogens (primary N) is 1. The van der Waals surface area contributed by atoms with Crippen molar-refractivity contribution in [1.82, 2.24) is 0 Å². The van der Waals surface area contributed by atoms with Crippen LogP contribution in [0, 0.1) is 0 Å². The fourth-order valence-electron chi connectivity index (χ4n) is 3.96. The van der Waals surface area contributed by atoms with Gasteiger partial charge in [-0.05, 0) is 38.5 Å². The lowest BCUT2D eigenvalue weighted by Gasteiger charge is -2.39. The molecule has 4 heteroatoms. The maximum absolute atomic E-state index is 10.7. The van der Waals surface area contributed by atoms with E-state index in [-0.39, 0.29) is 22.9 Å². The highest BCUT2D eigenvalue weighted by Gasteiger charge is 2.24. The number of carbonyl (C=O) groups is 1. The van der Waals surface area contributed by atoms with E-state index in [0.717, 1.165) is 12.8 Å². The second kappa shape index (κ2) is 20.6. The van der Waals surface area contributed by atoms with Crippen LogP contribution in [0.1, 0.15) is 117 Å². The van der Waals surface area contributed by atoms with Crippen molar-refractivity contribution < 1.29 is 26.3 Å². The number of carbonyl (C=O) groups excluding carboxylic acids is 1. The zero-order chi connectivity index (χ0) is 19.5. The molecule has 0 spiro atoms.